The number of aromatic nitrogens is 7. The summed E-state index contributed by atoms with van der Waals surface area (Å²) in [5.74, 6) is -0.321. The molecule has 0 unspecified atom stereocenters. The minimum Gasteiger partial charge on any atom is -0.294 e. The summed E-state index contributed by atoms with van der Waals surface area (Å²) in [6.07, 6.45) is 3.41. The van der Waals surface area contributed by atoms with Crippen LogP contribution in [0.1, 0.15) is 31.3 Å². The van der Waals surface area contributed by atoms with Gasteiger partial charge >= 0.3 is 5.65 Å². The molecule has 0 fully saturated rings. The molecule has 30 heavy (non-hydrogen) atoms. The molecule has 5 aromatic rings. The molecular weight excluding hydrogens is 388 g/mol. The van der Waals surface area contributed by atoms with E-state index in [9.17, 15) is 8.78 Å². The lowest BCUT2D eigenvalue weighted by Crippen LogP contribution is -2.31. The first kappa shape index (κ1) is 18.3. The fourth-order valence-electron chi connectivity index (χ4n) is 3.56. The average Bonchev–Trinajstić information content (AvgIpc) is 3.30. The Balaban J connectivity index is 1.85. The first-order valence-electron chi connectivity index (χ1n) is 9.51. The predicted molar refractivity (Wildman–Crippen MR) is 106 cm³/mol. The van der Waals surface area contributed by atoms with Gasteiger partial charge in [0.15, 0.2) is 5.65 Å². The highest BCUT2D eigenvalue weighted by molar-refractivity contribution is 5.81. The second-order valence-electron chi connectivity index (χ2n) is 7.39. The molecule has 5 rings (SSSR count). The zero-order valence-corrected chi connectivity index (χ0v) is 16.6. The molecule has 0 bridgehead atoms. The minimum absolute atomic E-state index is 0.172. The molecule has 9 heteroatoms. The van der Waals surface area contributed by atoms with Crippen molar-refractivity contribution in [3.63, 3.8) is 0 Å². The lowest BCUT2D eigenvalue weighted by Gasteiger charge is -2.06. The first-order chi connectivity index (χ1) is 14.4. The van der Waals surface area contributed by atoms with E-state index in [0.29, 0.717) is 34.1 Å². The molecule has 0 radical (unpaired) electrons. The van der Waals surface area contributed by atoms with E-state index >= 15 is 0 Å². The van der Waals surface area contributed by atoms with E-state index in [1.807, 2.05) is 37.3 Å². The number of halogens is 2. The number of hydrogen-bond donors (Lipinski definition) is 1. The number of nitrogens with zero attached hydrogens (tertiary/aromatic N) is 6. The second-order valence-corrected chi connectivity index (χ2v) is 7.39. The van der Waals surface area contributed by atoms with Gasteiger partial charge in [0.25, 0.3) is 5.82 Å². The number of fused-ring (bicyclic) bond motifs is 2. The molecule has 0 aliphatic carbocycles. The van der Waals surface area contributed by atoms with Crippen LogP contribution in [0.4, 0.5) is 8.78 Å². The molecule has 0 aliphatic rings. The summed E-state index contributed by atoms with van der Waals surface area (Å²) in [4.78, 5) is 8.93. The molecular formula is C21H18F2N7+. The summed E-state index contributed by atoms with van der Waals surface area (Å²) >= 11 is 0. The summed E-state index contributed by atoms with van der Waals surface area (Å²) in [5.41, 5.74) is 3.66. The van der Waals surface area contributed by atoms with Gasteiger partial charge in [-0.3, -0.25) is 9.38 Å². The van der Waals surface area contributed by atoms with E-state index in [2.05, 4.69) is 20.2 Å². The van der Waals surface area contributed by atoms with Gasteiger partial charge in [-0.15, -0.1) is 14.7 Å². The van der Waals surface area contributed by atoms with Crippen LogP contribution in [-0.4, -0.2) is 29.7 Å². The molecule has 0 atom stereocenters. The normalized spacial score (nSPS) is 11.8. The average molecular weight is 406 g/mol. The van der Waals surface area contributed by atoms with Gasteiger partial charge in [0, 0.05) is 41.1 Å². The number of aryl methyl sites for hydroxylation is 1. The largest absolute Gasteiger partial charge is 0.325 e. The van der Waals surface area contributed by atoms with Gasteiger partial charge < -0.3 is 0 Å². The van der Waals surface area contributed by atoms with E-state index in [0.717, 1.165) is 11.9 Å². The van der Waals surface area contributed by atoms with Crippen LogP contribution in [0.25, 0.3) is 33.9 Å². The molecule has 0 aliphatic heterocycles. The van der Waals surface area contributed by atoms with Gasteiger partial charge in [-0.25, -0.2) is 13.8 Å². The van der Waals surface area contributed by atoms with E-state index < -0.39 is 11.6 Å². The van der Waals surface area contributed by atoms with Gasteiger partial charge in [0.1, 0.15) is 28.7 Å². The standard InChI is InChI=1S/C21H17F2N7/c1-11(2)20-27-26-17-7-6-16(28-30(17)20)19-18(14-5-4-13(22)10-15(14)23)25-21-12(3)24-8-9-29(19)21/h4-11H,1-3H3/p+1. The number of H-pyrrole nitrogens is 1. The van der Waals surface area contributed by atoms with Gasteiger partial charge in [-0.05, 0) is 25.1 Å². The molecule has 0 amide bonds. The highest BCUT2D eigenvalue weighted by Crippen LogP contribution is 2.33. The zero-order chi connectivity index (χ0) is 21.0. The van der Waals surface area contributed by atoms with Gasteiger partial charge in [-0.2, -0.15) is 0 Å². The summed E-state index contributed by atoms with van der Waals surface area (Å²) < 4.78 is 31.8. The van der Waals surface area contributed by atoms with Crippen LogP contribution >= 0.6 is 0 Å². The lowest BCUT2D eigenvalue weighted by atomic mass is 10.1. The number of benzene rings is 1. The maximum absolute atomic E-state index is 14.7. The van der Waals surface area contributed by atoms with Crippen LogP contribution in [-0.2, 0) is 0 Å². The van der Waals surface area contributed by atoms with E-state index in [-0.39, 0.29) is 11.5 Å². The Morgan fingerprint density at radius 1 is 1.13 bits per heavy atom. The predicted octanol–water partition coefficient (Wildman–Crippen LogP) is 3.63. The van der Waals surface area contributed by atoms with E-state index in [1.54, 1.807) is 16.9 Å². The van der Waals surface area contributed by atoms with E-state index in [4.69, 9.17) is 5.10 Å². The summed E-state index contributed by atoms with van der Waals surface area (Å²) in [7, 11) is 0. The molecule has 0 spiro atoms. The van der Waals surface area contributed by atoms with Gasteiger partial charge in [0.2, 0.25) is 0 Å². The molecule has 4 heterocycles. The highest BCUT2D eigenvalue weighted by Gasteiger charge is 2.24. The van der Waals surface area contributed by atoms with Crippen molar-refractivity contribution in [2.45, 2.75) is 26.7 Å². The third-order valence-electron chi connectivity index (χ3n) is 5.02. The molecule has 0 saturated carbocycles. The second kappa shape index (κ2) is 6.65. The fourth-order valence-corrected chi connectivity index (χ4v) is 3.56. The summed E-state index contributed by atoms with van der Waals surface area (Å²) in [5, 5.41) is 12.1. The van der Waals surface area contributed by atoms with Crippen molar-refractivity contribution in [1.82, 2.24) is 29.7 Å². The summed E-state index contributed by atoms with van der Waals surface area (Å²) in [6, 6.07) is 7.11. The first-order valence-corrected chi connectivity index (χ1v) is 9.51. The Kier molecular flexibility index (Phi) is 4.05. The lowest BCUT2D eigenvalue weighted by molar-refractivity contribution is -0.589. The minimum atomic E-state index is -0.690. The van der Waals surface area contributed by atoms with Crippen molar-refractivity contribution in [2.75, 3.05) is 0 Å². The van der Waals surface area contributed by atoms with Crippen molar-refractivity contribution in [1.29, 1.82) is 0 Å². The fraction of sp³-hybridized carbons (Fsp3) is 0.190. The molecule has 1 aromatic carbocycles. The number of imidazole rings is 1. The molecule has 1 N–H and O–H groups in total. The van der Waals surface area contributed by atoms with Crippen LogP contribution in [0.3, 0.4) is 0 Å². The van der Waals surface area contributed by atoms with Gasteiger partial charge in [0.05, 0.1) is 5.69 Å². The Bertz CT molecular complexity index is 1420. The third kappa shape index (κ3) is 2.73. The van der Waals surface area contributed by atoms with Crippen LogP contribution in [0.5, 0.6) is 0 Å². The number of nitrogens with one attached hydrogen (secondary N) is 1. The Morgan fingerprint density at radius 3 is 2.73 bits per heavy atom. The maximum Gasteiger partial charge on any atom is 0.325 e. The third-order valence-corrected chi connectivity index (χ3v) is 5.02. The number of hydrogen-bond acceptors (Lipinski definition) is 4. The molecule has 150 valence electrons. The van der Waals surface area contributed by atoms with Crippen LogP contribution in [0.2, 0.25) is 0 Å². The van der Waals surface area contributed by atoms with Crippen molar-refractivity contribution < 1.29 is 13.3 Å². The molecule has 7 nitrogen and oxygen atoms in total. The molecule has 0 saturated heterocycles. The van der Waals surface area contributed by atoms with Crippen LogP contribution in [0, 0.1) is 18.6 Å². The SMILES string of the molecule is Cc1nccn2c(-c3ccc4n[nH]c(C(C)C)[n+]4n3)c(-c3ccc(F)cc3F)nc12. The zero-order valence-electron chi connectivity index (χ0n) is 16.6. The van der Waals surface area contributed by atoms with Crippen molar-refractivity contribution in [3.8, 4) is 22.6 Å². The summed E-state index contributed by atoms with van der Waals surface area (Å²) in [6.45, 7) is 5.91. The number of rotatable bonds is 3. The van der Waals surface area contributed by atoms with Crippen molar-refractivity contribution >= 4 is 11.3 Å². The smallest absolute Gasteiger partial charge is 0.294 e. The van der Waals surface area contributed by atoms with Crippen molar-refractivity contribution in [2.24, 2.45) is 0 Å². The quantitative estimate of drug-likeness (QED) is 0.464. The van der Waals surface area contributed by atoms with E-state index in [1.165, 1.54) is 12.1 Å². The Morgan fingerprint density at radius 2 is 1.97 bits per heavy atom. The maximum atomic E-state index is 14.7. The Labute approximate surface area is 170 Å². The van der Waals surface area contributed by atoms with Crippen LogP contribution < -0.4 is 4.52 Å². The topological polar surface area (TPSA) is 75.9 Å². The van der Waals surface area contributed by atoms with Crippen molar-refractivity contribution in [3.05, 3.63) is 65.9 Å². The van der Waals surface area contributed by atoms with Gasteiger partial charge in [-0.1, -0.05) is 13.8 Å². The number of aromatic amines is 1. The monoisotopic (exact) mass is 406 g/mol. The van der Waals surface area contributed by atoms with Crippen LogP contribution in [0.15, 0.2) is 42.7 Å². The molecule has 4 aromatic heterocycles. The highest BCUT2D eigenvalue weighted by atomic mass is 19.1. The Hall–Kier alpha value is -3.75.